The molecule has 152 valence electrons. The lowest BCUT2D eigenvalue weighted by molar-refractivity contribution is 0.930. The molecule has 0 aliphatic carbocycles. The predicted molar refractivity (Wildman–Crippen MR) is 127 cm³/mol. The molecule has 2 heterocycles. The number of thioether (sulfide) groups is 1. The Morgan fingerprint density at radius 1 is 0.903 bits per heavy atom. The van der Waals surface area contributed by atoms with Crippen molar-refractivity contribution in [1.29, 1.82) is 0 Å². The van der Waals surface area contributed by atoms with Crippen LogP contribution in [0.2, 0.25) is 0 Å². The zero-order chi connectivity index (χ0) is 21.2. The summed E-state index contributed by atoms with van der Waals surface area (Å²) in [5.74, 6) is 1.26. The third kappa shape index (κ3) is 3.55. The first-order chi connectivity index (χ1) is 15.2. The number of benzene rings is 3. The molecule has 5 aromatic rings. The van der Waals surface area contributed by atoms with Gasteiger partial charge in [0, 0.05) is 5.75 Å². The van der Waals surface area contributed by atoms with Crippen LogP contribution in [-0.2, 0) is 0 Å². The molecule has 0 aliphatic rings. The van der Waals surface area contributed by atoms with Gasteiger partial charge in [-0.05, 0) is 36.2 Å². The zero-order valence-corrected chi connectivity index (χ0v) is 17.8. The van der Waals surface area contributed by atoms with E-state index in [0.29, 0.717) is 11.2 Å². The number of nitrogens with zero attached hydrogens (tertiary/aromatic N) is 4. The first kappa shape index (κ1) is 19.3. The summed E-state index contributed by atoms with van der Waals surface area (Å²) in [6.45, 7) is 1.99. The smallest absolute Gasteiger partial charge is 0.267 e. The summed E-state index contributed by atoms with van der Waals surface area (Å²) in [5.41, 5.74) is 3.70. The Morgan fingerprint density at radius 2 is 1.65 bits per heavy atom. The summed E-state index contributed by atoms with van der Waals surface area (Å²) >= 11 is 1.59. The van der Waals surface area contributed by atoms with Gasteiger partial charge in [-0.2, -0.15) is 0 Å². The minimum absolute atomic E-state index is 0.0923. The maximum absolute atomic E-state index is 13.4. The second-order valence-corrected chi connectivity index (χ2v) is 8.17. The van der Waals surface area contributed by atoms with Crippen molar-refractivity contribution in [2.45, 2.75) is 12.1 Å². The van der Waals surface area contributed by atoms with Crippen LogP contribution in [0.15, 0.2) is 94.9 Å². The van der Waals surface area contributed by atoms with Crippen molar-refractivity contribution in [3.8, 4) is 5.69 Å². The highest BCUT2D eigenvalue weighted by Crippen LogP contribution is 2.24. The molecular weight excluding hydrogens is 404 g/mol. The van der Waals surface area contributed by atoms with E-state index in [1.165, 1.54) is 0 Å². The quantitative estimate of drug-likeness (QED) is 0.366. The predicted octanol–water partition coefficient (Wildman–Crippen LogP) is 5.15. The van der Waals surface area contributed by atoms with E-state index in [1.807, 2.05) is 78.1 Å². The Hall–Kier alpha value is -3.64. The summed E-state index contributed by atoms with van der Waals surface area (Å²) in [6.07, 6.45) is 4.21. The van der Waals surface area contributed by atoms with Gasteiger partial charge in [-0.3, -0.25) is 9.20 Å². The van der Waals surface area contributed by atoms with Crippen LogP contribution in [-0.4, -0.2) is 24.9 Å². The minimum Gasteiger partial charge on any atom is -0.268 e. The molecule has 0 bridgehead atoms. The highest BCUT2D eigenvalue weighted by Gasteiger charge is 2.18. The van der Waals surface area contributed by atoms with Crippen molar-refractivity contribution in [3.63, 3.8) is 0 Å². The van der Waals surface area contributed by atoms with Gasteiger partial charge in [0.2, 0.25) is 5.78 Å². The fourth-order valence-corrected chi connectivity index (χ4v) is 4.42. The molecule has 6 heteroatoms. The van der Waals surface area contributed by atoms with Gasteiger partial charge in [0.05, 0.1) is 16.6 Å². The number of rotatable bonds is 5. The van der Waals surface area contributed by atoms with Crippen LogP contribution in [0.4, 0.5) is 0 Å². The average molecular weight is 425 g/mol. The number of fused-ring (bicyclic) bond motifs is 3. The van der Waals surface area contributed by atoms with Gasteiger partial charge >= 0.3 is 0 Å². The molecule has 5 nitrogen and oxygen atoms in total. The first-order valence-corrected chi connectivity index (χ1v) is 11.0. The van der Waals surface area contributed by atoms with Crippen molar-refractivity contribution in [1.82, 2.24) is 19.2 Å². The highest BCUT2D eigenvalue weighted by atomic mass is 32.2. The van der Waals surface area contributed by atoms with Gasteiger partial charge in [0.1, 0.15) is 0 Å². The van der Waals surface area contributed by atoms with Gasteiger partial charge in [-0.25, -0.2) is 4.57 Å². The Kier molecular flexibility index (Phi) is 5.14. The molecule has 0 amide bonds. The van der Waals surface area contributed by atoms with Crippen LogP contribution in [0.5, 0.6) is 0 Å². The Bertz CT molecular complexity index is 1470. The Morgan fingerprint density at radius 3 is 2.48 bits per heavy atom. The summed E-state index contributed by atoms with van der Waals surface area (Å²) < 4.78 is 3.64. The lowest BCUT2D eigenvalue weighted by Gasteiger charge is -2.13. The average Bonchev–Trinajstić information content (AvgIpc) is 3.22. The van der Waals surface area contributed by atoms with E-state index in [-0.39, 0.29) is 5.56 Å². The molecule has 3 aromatic carbocycles. The number of aromatic nitrogens is 4. The molecule has 0 atom stereocenters. The third-order valence-electron chi connectivity index (χ3n) is 5.17. The van der Waals surface area contributed by atoms with Crippen LogP contribution in [0.3, 0.4) is 0 Å². The largest absolute Gasteiger partial charge is 0.268 e. The van der Waals surface area contributed by atoms with E-state index >= 15 is 0 Å². The summed E-state index contributed by atoms with van der Waals surface area (Å²) in [6, 6.07) is 25.6. The standard InChI is InChI=1S/C25H20N4OS/c1-18-10-5-7-15-21(18)28-23(30)20-14-6-8-16-22(20)29-24(28)26-27-25(29)31-17-9-13-19-11-3-2-4-12-19/h2-16H,17H2,1H3/b13-9+. The third-order valence-corrected chi connectivity index (χ3v) is 6.05. The number of hydrogen-bond donors (Lipinski definition) is 0. The maximum atomic E-state index is 13.4. The van der Waals surface area contributed by atoms with Crippen LogP contribution >= 0.6 is 11.8 Å². The van der Waals surface area contributed by atoms with Crippen molar-refractivity contribution in [3.05, 3.63) is 106 Å². The summed E-state index contributed by atoms with van der Waals surface area (Å²) in [5, 5.41) is 10.2. The molecule has 0 saturated heterocycles. The van der Waals surface area contributed by atoms with E-state index in [2.05, 4.69) is 34.5 Å². The van der Waals surface area contributed by atoms with Crippen molar-refractivity contribution >= 4 is 34.5 Å². The first-order valence-electron chi connectivity index (χ1n) is 10.0. The molecule has 0 spiro atoms. The lowest BCUT2D eigenvalue weighted by atomic mass is 10.2. The fraction of sp³-hybridized carbons (Fsp3) is 0.0800. The Labute approximate surface area is 183 Å². The van der Waals surface area contributed by atoms with E-state index < -0.39 is 0 Å². The minimum atomic E-state index is -0.0923. The molecule has 0 aliphatic heterocycles. The number of hydrogen-bond acceptors (Lipinski definition) is 4. The van der Waals surface area contributed by atoms with E-state index in [9.17, 15) is 4.79 Å². The van der Waals surface area contributed by atoms with Crippen LogP contribution in [0, 0.1) is 6.92 Å². The van der Waals surface area contributed by atoms with Crippen LogP contribution < -0.4 is 5.56 Å². The fourth-order valence-electron chi connectivity index (χ4n) is 3.67. The molecule has 31 heavy (non-hydrogen) atoms. The van der Waals surface area contributed by atoms with Crippen molar-refractivity contribution in [2.75, 3.05) is 5.75 Å². The molecule has 5 rings (SSSR count). The molecule has 0 N–H and O–H groups in total. The van der Waals surface area contributed by atoms with Crippen LogP contribution in [0.25, 0.3) is 28.4 Å². The molecule has 0 saturated carbocycles. The molecular formula is C25H20N4OS. The molecule has 0 unspecified atom stereocenters. The molecule has 2 aromatic heterocycles. The second kappa shape index (κ2) is 8.24. The van der Waals surface area contributed by atoms with E-state index in [1.54, 1.807) is 16.3 Å². The number of aryl methyl sites for hydroxylation is 1. The van der Waals surface area contributed by atoms with Gasteiger partial charge in [-0.15, -0.1) is 10.2 Å². The SMILES string of the molecule is Cc1ccccc1-n1c(=O)c2ccccc2n2c(SC/C=C/c3ccccc3)nnc12. The molecule has 0 radical (unpaired) electrons. The van der Waals surface area contributed by atoms with Crippen LogP contribution in [0.1, 0.15) is 11.1 Å². The van der Waals surface area contributed by atoms with E-state index in [0.717, 1.165) is 33.2 Å². The second-order valence-electron chi connectivity index (χ2n) is 7.19. The van der Waals surface area contributed by atoms with Gasteiger partial charge in [-0.1, -0.05) is 84.6 Å². The van der Waals surface area contributed by atoms with Crippen molar-refractivity contribution < 1.29 is 0 Å². The molecule has 0 fully saturated rings. The van der Waals surface area contributed by atoms with E-state index in [4.69, 9.17) is 0 Å². The summed E-state index contributed by atoms with van der Waals surface area (Å²) in [7, 11) is 0. The van der Waals surface area contributed by atoms with Gasteiger partial charge < -0.3 is 0 Å². The zero-order valence-electron chi connectivity index (χ0n) is 17.0. The topological polar surface area (TPSA) is 52.2 Å². The number of para-hydroxylation sites is 2. The lowest BCUT2D eigenvalue weighted by Crippen LogP contribution is -2.22. The van der Waals surface area contributed by atoms with Crippen molar-refractivity contribution in [2.24, 2.45) is 0 Å². The van der Waals surface area contributed by atoms with Gasteiger partial charge in [0.25, 0.3) is 5.56 Å². The maximum Gasteiger partial charge on any atom is 0.267 e. The van der Waals surface area contributed by atoms with Gasteiger partial charge in [0.15, 0.2) is 5.16 Å². The Balaban J connectivity index is 1.62. The summed E-state index contributed by atoms with van der Waals surface area (Å²) in [4.78, 5) is 13.4. The normalized spacial score (nSPS) is 11.6. The monoisotopic (exact) mass is 424 g/mol. The highest BCUT2D eigenvalue weighted by molar-refractivity contribution is 7.99.